The van der Waals surface area contributed by atoms with Gasteiger partial charge in [-0.05, 0) is 43.2 Å². The number of allylic oxidation sites excluding steroid dienone is 2. The van der Waals surface area contributed by atoms with Crippen molar-refractivity contribution in [1.29, 1.82) is 5.26 Å². The fraction of sp³-hybridized carbons (Fsp3) is 0.250. The number of nitrogens with zero attached hydrogens (tertiary/aromatic N) is 2. The zero-order valence-electron chi connectivity index (χ0n) is 17.8. The minimum Gasteiger partial charge on any atom is -0.496 e. The Bertz CT molecular complexity index is 1170. The lowest BCUT2D eigenvalue weighted by Crippen LogP contribution is -2.35. The van der Waals surface area contributed by atoms with Crippen molar-refractivity contribution < 1.29 is 17.9 Å². The Morgan fingerprint density at radius 1 is 1.12 bits per heavy atom. The summed E-state index contributed by atoms with van der Waals surface area (Å²) in [6, 6.07) is 15.3. The fourth-order valence-electron chi connectivity index (χ4n) is 3.40. The van der Waals surface area contributed by atoms with Crippen LogP contribution in [-0.2, 0) is 14.8 Å². The molecule has 1 N–H and O–H groups in total. The lowest BCUT2D eigenvalue weighted by atomic mass is 10.1. The van der Waals surface area contributed by atoms with Crippen LogP contribution < -0.4 is 10.1 Å². The largest absolute Gasteiger partial charge is 0.496 e. The van der Waals surface area contributed by atoms with Gasteiger partial charge < -0.3 is 10.1 Å². The number of nitrogens with one attached hydrogen (secondary N) is 1. The number of sulfonamides is 1. The van der Waals surface area contributed by atoms with Crippen molar-refractivity contribution in [2.75, 3.05) is 25.5 Å². The van der Waals surface area contributed by atoms with Gasteiger partial charge in [-0.15, -0.1) is 0 Å². The van der Waals surface area contributed by atoms with Crippen molar-refractivity contribution in [3.8, 4) is 11.8 Å². The van der Waals surface area contributed by atoms with Crippen LogP contribution in [0.3, 0.4) is 0 Å². The van der Waals surface area contributed by atoms with Crippen LogP contribution in [0.2, 0.25) is 0 Å². The number of nitriles is 1. The number of rotatable bonds is 7. The van der Waals surface area contributed by atoms with Gasteiger partial charge in [0.25, 0.3) is 5.91 Å². The molecule has 166 valence electrons. The summed E-state index contributed by atoms with van der Waals surface area (Å²) >= 11 is 0. The molecule has 8 heteroatoms. The Morgan fingerprint density at radius 2 is 1.88 bits per heavy atom. The molecule has 1 amide bonds. The summed E-state index contributed by atoms with van der Waals surface area (Å²) in [6.45, 7) is 0.998. The van der Waals surface area contributed by atoms with Crippen LogP contribution in [0, 0.1) is 11.3 Å². The smallest absolute Gasteiger partial charge is 0.266 e. The number of methoxy groups -OCH3 is 1. The zero-order chi connectivity index (χ0) is 23.0. The minimum absolute atomic E-state index is 0.111. The quantitative estimate of drug-likeness (QED) is 0.390. The molecular weight excluding hydrogens is 426 g/mol. The third kappa shape index (κ3) is 5.63. The van der Waals surface area contributed by atoms with E-state index in [2.05, 4.69) is 5.32 Å². The van der Waals surface area contributed by atoms with E-state index in [0.29, 0.717) is 24.5 Å². The van der Waals surface area contributed by atoms with Crippen LogP contribution >= 0.6 is 0 Å². The highest BCUT2D eigenvalue weighted by Crippen LogP contribution is 2.23. The van der Waals surface area contributed by atoms with E-state index in [9.17, 15) is 18.5 Å². The fourth-order valence-corrected chi connectivity index (χ4v) is 4.97. The first-order valence-corrected chi connectivity index (χ1v) is 11.7. The third-order valence-corrected chi connectivity index (χ3v) is 6.98. The van der Waals surface area contributed by atoms with Crippen LogP contribution in [0.4, 0.5) is 5.69 Å². The molecular formula is C24H25N3O4S. The normalized spacial score (nSPS) is 15.3. The number of carbonyl (C=O) groups excluding carboxylic acids is 1. The topological polar surface area (TPSA) is 99.5 Å². The SMILES string of the molecule is COc1ccccc1/C=C/C=C(\C#N)C(=O)Nc1cccc(S(=O)(=O)N2CCCCC2)c1. The molecule has 32 heavy (non-hydrogen) atoms. The van der Waals surface area contributed by atoms with E-state index in [0.717, 1.165) is 24.8 Å². The lowest BCUT2D eigenvalue weighted by molar-refractivity contribution is -0.112. The summed E-state index contributed by atoms with van der Waals surface area (Å²) in [7, 11) is -2.05. The first kappa shape index (κ1) is 23.3. The van der Waals surface area contributed by atoms with Gasteiger partial charge in [0.15, 0.2) is 0 Å². The Kier molecular flexibility index (Phi) is 7.82. The molecule has 7 nitrogen and oxygen atoms in total. The minimum atomic E-state index is -3.62. The Morgan fingerprint density at radius 3 is 2.59 bits per heavy atom. The van der Waals surface area contributed by atoms with Gasteiger partial charge in [-0.3, -0.25) is 4.79 Å². The molecule has 0 unspecified atom stereocenters. The van der Waals surface area contributed by atoms with Crippen molar-refractivity contribution in [1.82, 2.24) is 4.31 Å². The monoisotopic (exact) mass is 451 g/mol. The van der Waals surface area contributed by atoms with Gasteiger partial charge in [0.2, 0.25) is 10.0 Å². The molecule has 0 atom stereocenters. The standard InChI is InChI=1S/C24H25N3O4S/c1-31-23-14-4-3-9-19(23)10-7-11-20(18-25)24(28)26-21-12-8-13-22(17-21)32(29,30)27-15-5-2-6-16-27/h3-4,7-14,17H,2,5-6,15-16H2,1H3,(H,26,28)/b10-7+,20-11+. The number of ether oxygens (including phenoxy) is 1. The Labute approximate surface area is 188 Å². The summed E-state index contributed by atoms with van der Waals surface area (Å²) in [5.41, 5.74) is 1.00. The van der Waals surface area contributed by atoms with E-state index < -0.39 is 15.9 Å². The molecule has 0 aliphatic carbocycles. The highest BCUT2D eigenvalue weighted by molar-refractivity contribution is 7.89. The maximum Gasteiger partial charge on any atom is 0.266 e. The number of benzene rings is 2. The molecule has 3 rings (SSSR count). The van der Waals surface area contributed by atoms with Gasteiger partial charge in [0.05, 0.1) is 12.0 Å². The molecule has 0 bridgehead atoms. The molecule has 1 aliphatic heterocycles. The molecule has 1 fully saturated rings. The first-order valence-electron chi connectivity index (χ1n) is 10.3. The van der Waals surface area contributed by atoms with Gasteiger partial charge in [-0.1, -0.05) is 42.8 Å². The third-order valence-electron chi connectivity index (χ3n) is 5.09. The molecule has 0 radical (unpaired) electrons. The number of para-hydroxylation sites is 1. The van der Waals surface area contributed by atoms with E-state index in [-0.39, 0.29) is 10.5 Å². The number of anilines is 1. The highest BCUT2D eigenvalue weighted by atomic mass is 32.2. The van der Waals surface area contributed by atoms with E-state index >= 15 is 0 Å². The second-order valence-corrected chi connectivity index (χ2v) is 9.18. The molecule has 1 heterocycles. The average Bonchev–Trinajstić information content (AvgIpc) is 2.82. The Balaban J connectivity index is 1.74. The van der Waals surface area contributed by atoms with Gasteiger partial charge >= 0.3 is 0 Å². The highest BCUT2D eigenvalue weighted by Gasteiger charge is 2.26. The maximum atomic E-state index is 12.9. The number of amides is 1. The van der Waals surface area contributed by atoms with Crippen LogP contribution in [0.1, 0.15) is 24.8 Å². The van der Waals surface area contributed by atoms with Crippen molar-refractivity contribution in [3.05, 3.63) is 71.8 Å². The summed E-state index contributed by atoms with van der Waals surface area (Å²) in [4.78, 5) is 12.7. The van der Waals surface area contributed by atoms with Crippen LogP contribution in [0.5, 0.6) is 5.75 Å². The van der Waals surface area contributed by atoms with E-state index in [4.69, 9.17) is 4.74 Å². The predicted octanol–water partition coefficient (Wildman–Crippen LogP) is 3.97. The van der Waals surface area contributed by atoms with Crippen LogP contribution in [-0.4, -0.2) is 38.8 Å². The molecule has 2 aromatic carbocycles. The summed E-state index contributed by atoms with van der Waals surface area (Å²) in [6.07, 6.45) is 7.43. The van der Waals surface area contributed by atoms with Crippen molar-refractivity contribution in [3.63, 3.8) is 0 Å². The summed E-state index contributed by atoms with van der Waals surface area (Å²) < 4.78 is 32.5. The number of carbonyl (C=O) groups is 1. The molecule has 0 aromatic heterocycles. The predicted molar refractivity (Wildman–Crippen MR) is 123 cm³/mol. The van der Waals surface area contributed by atoms with Crippen molar-refractivity contribution in [2.24, 2.45) is 0 Å². The zero-order valence-corrected chi connectivity index (χ0v) is 18.6. The molecule has 0 spiro atoms. The number of hydrogen-bond acceptors (Lipinski definition) is 5. The molecule has 1 aliphatic rings. The van der Waals surface area contributed by atoms with Crippen molar-refractivity contribution in [2.45, 2.75) is 24.2 Å². The van der Waals surface area contributed by atoms with Crippen molar-refractivity contribution >= 4 is 27.7 Å². The second-order valence-electron chi connectivity index (χ2n) is 7.24. The molecule has 0 saturated carbocycles. The summed E-state index contributed by atoms with van der Waals surface area (Å²) in [5, 5.41) is 12.0. The van der Waals surface area contributed by atoms with Gasteiger partial charge in [-0.2, -0.15) is 9.57 Å². The molecule has 1 saturated heterocycles. The summed E-state index contributed by atoms with van der Waals surface area (Å²) in [5.74, 6) is 0.0523. The lowest BCUT2D eigenvalue weighted by Gasteiger charge is -2.26. The Hall–Kier alpha value is -3.41. The first-order chi connectivity index (χ1) is 15.5. The van der Waals surface area contributed by atoms with Gasteiger partial charge in [0, 0.05) is 24.3 Å². The average molecular weight is 452 g/mol. The van der Waals surface area contributed by atoms with E-state index in [1.807, 2.05) is 30.3 Å². The van der Waals surface area contributed by atoms with E-state index in [1.54, 1.807) is 31.4 Å². The van der Waals surface area contributed by atoms with E-state index in [1.165, 1.54) is 22.5 Å². The van der Waals surface area contributed by atoms with Crippen LogP contribution in [0.25, 0.3) is 6.08 Å². The molecule has 2 aromatic rings. The van der Waals surface area contributed by atoms with Gasteiger partial charge in [0.1, 0.15) is 17.4 Å². The maximum absolute atomic E-state index is 12.9. The number of hydrogen-bond donors (Lipinski definition) is 1. The number of piperidine rings is 1. The van der Waals surface area contributed by atoms with Gasteiger partial charge in [-0.25, -0.2) is 8.42 Å². The van der Waals surface area contributed by atoms with Crippen LogP contribution in [0.15, 0.2) is 71.2 Å². The second kappa shape index (κ2) is 10.8.